The summed E-state index contributed by atoms with van der Waals surface area (Å²) in [7, 11) is 0. The first-order valence-corrected chi connectivity index (χ1v) is 7.50. The predicted octanol–water partition coefficient (Wildman–Crippen LogP) is 3.19. The molecule has 0 amide bonds. The van der Waals surface area contributed by atoms with Gasteiger partial charge in [-0.1, -0.05) is 18.2 Å². The normalized spacial score (nSPS) is 11.8. The number of para-hydroxylation sites is 1. The summed E-state index contributed by atoms with van der Waals surface area (Å²) in [6.07, 6.45) is -3.37. The van der Waals surface area contributed by atoms with E-state index in [0.29, 0.717) is 11.1 Å². The summed E-state index contributed by atoms with van der Waals surface area (Å²) >= 11 is 0. The van der Waals surface area contributed by atoms with Crippen LogP contribution in [-0.2, 0) is 6.18 Å². The van der Waals surface area contributed by atoms with E-state index in [1.54, 1.807) is 30.3 Å². The van der Waals surface area contributed by atoms with E-state index < -0.39 is 17.4 Å². The number of hydrogen-bond acceptors (Lipinski definition) is 4. The predicted molar refractivity (Wildman–Crippen MR) is 87.7 cm³/mol. The van der Waals surface area contributed by atoms with Gasteiger partial charge in [0.2, 0.25) is 0 Å². The van der Waals surface area contributed by atoms with Crippen molar-refractivity contribution in [3.63, 3.8) is 0 Å². The number of nitrogens with zero attached hydrogens (tertiary/aromatic N) is 4. The second kappa shape index (κ2) is 5.80. The standard InChI is InChI=1S/C17H10F3N5O/c18-17(19,20)13-7-6-10-8-12(14-21-9-22-24-14)16(26)25(15(10)23-13)11-4-2-1-3-5-11/h1-9H,(H,21,22,24). The number of aromatic amines is 1. The van der Waals surface area contributed by atoms with Crippen molar-refractivity contribution < 1.29 is 13.2 Å². The number of fused-ring (bicyclic) bond motifs is 1. The largest absolute Gasteiger partial charge is 0.433 e. The summed E-state index contributed by atoms with van der Waals surface area (Å²) in [4.78, 5) is 20.7. The van der Waals surface area contributed by atoms with Crippen LogP contribution in [0, 0.1) is 0 Å². The van der Waals surface area contributed by atoms with E-state index in [-0.39, 0.29) is 17.0 Å². The molecule has 0 fully saturated rings. The van der Waals surface area contributed by atoms with Crippen molar-refractivity contribution in [3.05, 3.63) is 70.9 Å². The van der Waals surface area contributed by atoms with Crippen LogP contribution in [-0.4, -0.2) is 24.7 Å². The van der Waals surface area contributed by atoms with Crippen LogP contribution in [0.3, 0.4) is 0 Å². The number of pyridine rings is 2. The van der Waals surface area contributed by atoms with Gasteiger partial charge in [-0.2, -0.15) is 18.3 Å². The molecule has 9 heteroatoms. The molecule has 0 saturated heterocycles. The topological polar surface area (TPSA) is 76.5 Å². The van der Waals surface area contributed by atoms with Gasteiger partial charge in [0, 0.05) is 5.39 Å². The third kappa shape index (κ3) is 2.63. The molecular formula is C17H10F3N5O. The lowest BCUT2D eigenvalue weighted by atomic mass is 10.1. The number of benzene rings is 1. The van der Waals surface area contributed by atoms with Gasteiger partial charge in [0.05, 0.1) is 11.3 Å². The van der Waals surface area contributed by atoms with E-state index >= 15 is 0 Å². The lowest BCUT2D eigenvalue weighted by molar-refractivity contribution is -0.141. The summed E-state index contributed by atoms with van der Waals surface area (Å²) in [5.41, 5.74) is -1.12. The number of halogens is 3. The highest BCUT2D eigenvalue weighted by Gasteiger charge is 2.33. The van der Waals surface area contributed by atoms with E-state index in [1.807, 2.05) is 0 Å². The molecule has 130 valence electrons. The van der Waals surface area contributed by atoms with Crippen LogP contribution >= 0.6 is 0 Å². The maximum Gasteiger partial charge on any atom is 0.433 e. The van der Waals surface area contributed by atoms with Gasteiger partial charge in [0.25, 0.3) is 5.56 Å². The summed E-state index contributed by atoms with van der Waals surface area (Å²) in [6.45, 7) is 0. The molecule has 6 nitrogen and oxygen atoms in total. The highest BCUT2D eigenvalue weighted by atomic mass is 19.4. The molecule has 0 bridgehead atoms. The molecule has 0 aliphatic carbocycles. The lowest BCUT2D eigenvalue weighted by Gasteiger charge is -2.13. The molecule has 0 radical (unpaired) electrons. The summed E-state index contributed by atoms with van der Waals surface area (Å²) in [5.74, 6) is 0.224. The number of nitrogens with one attached hydrogen (secondary N) is 1. The third-order valence-corrected chi connectivity index (χ3v) is 3.83. The molecule has 0 aliphatic rings. The van der Waals surface area contributed by atoms with E-state index in [9.17, 15) is 18.0 Å². The quantitative estimate of drug-likeness (QED) is 0.598. The first-order chi connectivity index (χ1) is 12.4. The molecule has 4 aromatic rings. The Hall–Kier alpha value is -3.49. The molecule has 0 unspecified atom stereocenters. The van der Waals surface area contributed by atoms with Crippen LogP contribution in [0.25, 0.3) is 28.1 Å². The molecule has 0 aliphatic heterocycles. The highest BCUT2D eigenvalue weighted by Crippen LogP contribution is 2.30. The molecule has 3 aromatic heterocycles. The Bertz CT molecular complexity index is 1130. The second-order valence-electron chi connectivity index (χ2n) is 5.48. The van der Waals surface area contributed by atoms with Crippen LogP contribution < -0.4 is 5.56 Å². The van der Waals surface area contributed by atoms with Crippen LogP contribution in [0.5, 0.6) is 0 Å². The Kier molecular flexibility index (Phi) is 3.57. The van der Waals surface area contributed by atoms with Gasteiger partial charge in [0.1, 0.15) is 17.7 Å². The van der Waals surface area contributed by atoms with Gasteiger partial charge in [-0.25, -0.2) is 9.97 Å². The summed E-state index contributed by atoms with van der Waals surface area (Å²) < 4.78 is 40.4. The minimum absolute atomic E-state index is 0.0840. The Morgan fingerprint density at radius 3 is 2.46 bits per heavy atom. The minimum Gasteiger partial charge on any atom is -0.268 e. The van der Waals surface area contributed by atoms with Crippen molar-refractivity contribution in [2.75, 3.05) is 0 Å². The maximum absolute atomic E-state index is 13.1. The van der Waals surface area contributed by atoms with E-state index in [0.717, 1.165) is 10.6 Å². The van der Waals surface area contributed by atoms with Crippen molar-refractivity contribution in [1.82, 2.24) is 24.7 Å². The van der Waals surface area contributed by atoms with E-state index in [1.165, 1.54) is 18.5 Å². The fourth-order valence-corrected chi connectivity index (χ4v) is 2.66. The molecule has 0 spiro atoms. The number of hydrogen-bond donors (Lipinski definition) is 1. The van der Waals surface area contributed by atoms with Gasteiger partial charge in [-0.3, -0.25) is 14.5 Å². The summed E-state index contributed by atoms with van der Waals surface area (Å²) in [5, 5.41) is 6.69. The van der Waals surface area contributed by atoms with Gasteiger partial charge >= 0.3 is 6.18 Å². The molecular weight excluding hydrogens is 347 g/mol. The van der Waals surface area contributed by atoms with E-state index in [2.05, 4.69) is 20.2 Å². The van der Waals surface area contributed by atoms with Crippen LogP contribution in [0.4, 0.5) is 13.2 Å². The number of rotatable bonds is 2. The zero-order chi connectivity index (χ0) is 18.3. The van der Waals surface area contributed by atoms with Crippen molar-refractivity contribution in [2.24, 2.45) is 0 Å². The Morgan fingerprint density at radius 1 is 1.04 bits per heavy atom. The van der Waals surface area contributed by atoms with Crippen molar-refractivity contribution in [1.29, 1.82) is 0 Å². The minimum atomic E-state index is -4.62. The average Bonchev–Trinajstić information content (AvgIpc) is 3.15. The zero-order valence-electron chi connectivity index (χ0n) is 13.0. The van der Waals surface area contributed by atoms with Crippen LogP contribution in [0.15, 0.2) is 59.7 Å². The zero-order valence-corrected chi connectivity index (χ0v) is 13.0. The first-order valence-electron chi connectivity index (χ1n) is 7.50. The summed E-state index contributed by atoms with van der Waals surface area (Å²) in [6, 6.07) is 12.0. The first kappa shape index (κ1) is 16.0. The molecule has 4 rings (SSSR count). The molecule has 1 aromatic carbocycles. The SMILES string of the molecule is O=c1c(-c2ncn[nH]2)cc2ccc(C(F)(F)F)nc2n1-c1ccccc1. The Balaban J connectivity index is 2.11. The van der Waals surface area contributed by atoms with E-state index in [4.69, 9.17) is 0 Å². The Morgan fingerprint density at radius 2 is 1.81 bits per heavy atom. The molecule has 26 heavy (non-hydrogen) atoms. The smallest absolute Gasteiger partial charge is 0.268 e. The second-order valence-corrected chi connectivity index (χ2v) is 5.48. The number of aromatic nitrogens is 5. The van der Waals surface area contributed by atoms with Gasteiger partial charge in [0.15, 0.2) is 5.82 Å². The highest BCUT2D eigenvalue weighted by molar-refractivity contribution is 5.81. The van der Waals surface area contributed by atoms with Crippen molar-refractivity contribution >= 4 is 11.0 Å². The maximum atomic E-state index is 13.1. The molecule has 0 atom stereocenters. The van der Waals surface area contributed by atoms with Crippen LogP contribution in [0.1, 0.15) is 5.69 Å². The fraction of sp³-hybridized carbons (Fsp3) is 0.0588. The average molecular weight is 357 g/mol. The molecule has 0 saturated carbocycles. The fourth-order valence-electron chi connectivity index (χ4n) is 2.66. The monoisotopic (exact) mass is 357 g/mol. The Labute approximate surface area is 144 Å². The third-order valence-electron chi connectivity index (χ3n) is 3.83. The lowest BCUT2D eigenvalue weighted by Crippen LogP contribution is -2.22. The van der Waals surface area contributed by atoms with Gasteiger partial charge in [-0.05, 0) is 30.3 Å². The van der Waals surface area contributed by atoms with Gasteiger partial charge < -0.3 is 0 Å². The molecule has 3 heterocycles. The van der Waals surface area contributed by atoms with Crippen molar-refractivity contribution in [2.45, 2.75) is 6.18 Å². The van der Waals surface area contributed by atoms with Crippen LogP contribution in [0.2, 0.25) is 0 Å². The number of H-pyrrole nitrogens is 1. The molecule has 1 N–H and O–H groups in total. The number of alkyl halides is 3. The van der Waals surface area contributed by atoms with Crippen molar-refractivity contribution in [3.8, 4) is 17.1 Å². The van der Waals surface area contributed by atoms with Gasteiger partial charge in [-0.15, -0.1) is 0 Å².